The monoisotopic (exact) mass is 362 g/mol. The van der Waals surface area contributed by atoms with Crippen molar-refractivity contribution < 1.29 is 24.9 Å². The summed E-state index contributed by atoms with van der Waals surface area (Å²) in [6.07, 6.45) is 2.75. The van der Waals surface area contributed by atoms with E-state index < -0.39 is 0 Å². The van der Waals surface area contributed by atoms with Gasteiger partial charge in [0.05, 0.1) is 5.56 Å². The van der Waals surface area contributed by atoms with Crippen molar-refractivity contribution in [1.29, 1.82) is 0 Å². The smallest absolute Gasteiger partial charge is 0.189 e. The van der Waals surface area contributed by atoms with E-state index in [-0.39, 0.29) is 35.4 Å². The van der Waals surface area contributed by atoms with Crippen LogP contribution in [0.2, 0.25) is 0 Å². The Morgan fingerprint density at radius 1 is 0.889 bits per heavy atom. The standard InChI is InChI=1S/C22H18O5/c23-17-8-6-16(21(26)12-17)7-11-20(25)19-10-9-18(24)13-22(19)27-14-15-4-2-1-3-5-15/h1-13,23-24,26H,14H2. The summed E-state index contributed by atoms with van der Waals surface area (Å²) in [5.41, 5.74) is 1.62. The van der Waals surface area contributed by atoms with Gasteiger partial charge in [0.1, 0.15) is 29.6 Å². The molecule has 0 radical (unpaired) electrons. The lowest BCUT2D eigenvalue weighted by Crippen LogP contribution is -2.02. The molecule has 5 nitrogen and oxygen atoms in total. The fraction of sp³-hybridized carbons (Fsp3) is 0.0455. The lowest BCUT2D eigenvalue weighted by atomic mass is 10.1. The van der Waals surface area contributed by atoms with Crippen LogP contribution in [0.3, 0.4) is 0 Å². The average molecular weight is 362 g/mol. The topological polar surface area (TPSA) is 87.0 Å². The maximum atomic E-state index is 12.6. The first-order valence-corrected chi connectivity index (χ1v) is 8.27. The van der Waals surface area contributed by atoms with E-state index in [1.807, 2.05) is 30.3 Å². The van der Waals surface area contributed by atoms with Gasteiger partial charge in [0, 0.05) is 17.7 Å². The van der Waals surface area contributed by atoms with Gasteiger partial charge in [-0.05, 0) is 42.0 Å². The Morgan fingerprint density at radius 3 is 2.33 bits per heavy atom. The highest BCUT2D eigenvalue weighted by atomic mass is 16.5. The molecule has 0 saturated carbocycles. The van der Waals surface area contributed by atoms with Crippen molar-refractivity contribution in [3.8, 4) is 23.0 Å². The van der Waals surface area contributed by atoms with Gasteiger partial charge < -0.3 is 20.1 Å². The molecular formula is C22H18O5. The largest absolute Gasteiger partial charge is 0.508 e. The molecule has 3 aromatic rings. The van der Waals surface area contributed by atoms with Crippen molar-refractivity contribution in [2.75, 3.05) is 0 Å². The summed E-state index contributed by atoms with van der Waals surface area (Å²) in [5.74, 6) is -0.278. The second-order valence-corrected chi connectivity index (χ2v) is 5.90. The number of benzene rings is 3. The maximum absolute atomic E-state index is 12.6. The maximum Gasteiger partial charge on any atom is 0.189 e. The molecule has 3 N–H and O–H groups in total. The third-order valence-corrected chi connectivity index (χ3v) is 3.90. The third kappa shape index (κ3) is 4.67. The van der Waals surface area contributed by atoms with Crippen molar-refractivity contribution in [3.05, 3.63) is 89.5 Å². The summed E-state index contributed by atoms with van der Waals surface area (Å²) in [6.45, 7) is 0.257. The molecule has 3 rings (SSSR count). The lowest BCUT2D eigenvalue weighted by Gasteiger charge is -2.10. The van der Waals surface area contributed by atoms with Crippen molar-refractivity contribution in [2.24, 2.45) is 0 Å². The van der Waals surface area contributed by atoms with Gasteiger partial charge in [-0.15, -0.1) is 0 Å². The second-order valence-electron chi connectivity index (χ2n) is 5.90. The molecule has 3 aromatic carbocycles. The molecule has 0 unspecified atom stereocenters. The zero-order valence-corrected chi connectivity index (χ0v) is 14.4. The quantitative estimate of drug-likeness (QED) is 0.450. The zero-order chi connectivity index (χ0) is 19.2. The van der Waals surface area contributed by atoms with E-state index in [9.17, 15) is 20.1 Å². The molecule has 0 aliphatic carbocycles. The first kappa shape index (κ1) is 18.1. The van der Waals surface area contributed by atoms with Crippen LogP contribution in [0.15, 0.2) is 72.8 Å². The van der Waals surface area contributed by atoms with E-state index >= 15 is 0 Å². The Hall–Kier alpha value is -3.73. The van der Waals surface area contributed by atoms with Crippen LogP contribution in [0.5, 0.6) is 23.0 Å². The van der Waals surface area contributed by atoms with E-state index in [2.05, 4.69) is 0 Å². The Labute approximate surface area is 156 Å². The summed E-state index contributed by atoms with van der Waals surface area (Å²) in [6, 6.07) is 17.9. The van der Waals surface area contributed by atoms with E-state index in [1.165, 1.54) is 48.6 Å². The summed E-state index contributed by atoms with van der Waals surface area (Å²) in [5, 5.41) is 28.8. The van der Waals surface area contributed by atoms with Gasteiger partial charge in [-0.3, -0.25) is 4.79 Å². The molecule has 0 spiro atoms. The first-order valence-electron chi connectivity index (χ1n) is 8.27. The molecule has 0 atom stereocenters. The minimum absolute atomic E-state index is 0.00484. The zero-order valence-electron chi connectivity index (χ0n) is 14.4. The number of ether oxygens (including phenoxy) is 1. The highest BCUT2D eigenvalue weighted by Gasteiger charge is 2.12. The first-order chi connectivity index (χ1) is 13.0. The van der Waals surface area contributed by atoms with Gasteiger partial charge in [0.2, 0.25) is 0 Å². The molecule has 27 heavy (non-hydrogen) atoms. The van der Waals surface area contributed by atoms with Crippen LogP contribution in [0.4, 0.5) is 0 Å². The molecule has 0 amide bonds. The fourth-order valence-corrected chi connectivity index (χ4v) is 2.50. The van der Waals surface area contributed by atoms with Gasteiger partial charge in [-0.1, -0.05) is 30.3 Å². The molecule has 0 heterocycles. The number of hydrogen-bond acceptors (Lipinski definition) is 5. The van der Waals surface area contributed by atoms with Crippen molar-refractivity contribution in [2.45, 2.75) is 6.61 Å². The number of phenolic OH excluding ortho intramolecular Hbond substituents is 3. The number of aromatic hydroxyl groups is 3. The SMILES string of the molecule is O=C(C=Cc1ccc(O)cc1O)c1ccc(O)cc1OCc1ccccc1. The predicted octanol–water partition coefficient (Wildman–Crippen LogP) is 4.28. The van der Waals surface area contributed by atoms with Gasteiger partial charge in [0.15, 0.2) is 5.78 Å². The molecule has 0 saturated heterocycles. The lowest BCUT2D eigenvalue weighted by molar-refractivity contribution is 0.104. The van der Waals surface area contributed by atoms with Crippen LogP contribution >= 0.6 is 0 Å². The summed E-state index contributed by atoms with van der Waals surface area (Å²) in [7, 11) is 0. The van der Waals surface area contributed by atoms with E-state index in [4.69, 9.17) is 4.74 Å². The van der Waals surface area contributed by atoms with Crippen molar-refractivity contribution in [3.63, 3.8) is 0 Å². The molecule has 136 valence electrons. The number of carbonyl (C=O) groups excluding carboxylic acids is 1. The van der Waals surface area contributed by atoms with Crippen molar-refractivity contribution >= 4 is 11.9 Å². The number of phenols is 3. The van der Waals surface area contributed by atoms with Crippen LogP contribution in [0, 0.1) is 0 Å². The number of hydrogen-bond donors (Lipinski definition) is 3. The predicted molar refractivity (Wildman–Crippen MR) is 102 cm³/mol. The van der Waals surface area contributed by atoms with E-state index in [0.29, 0.717) is 11.1 Å². The van der Waals surface area contributed by atoms with Crippen LogP contribution < -0.4 is 4.74 Å². The third-order valence-electron chi connectivity index (χ3n) is 3.90. The molecule has 5 heteroatoms. The molecule has 0 fully saturated rings. The second kappa shape index (κ2) is 8.10. The number of ketones is 1. The molecule has 0 aliphatic heterocycles. The molecule has 0 aromatic heterocycles. The number of allylic oxidation sites excluding steroid dienone is 1. The summed E-state index contributed by atoms with van der Waals surface area (Å²) in [4.78, 5) is 12.6. The van der Waals surface area contributed by atoms with Gasteiger partial charge in [0.25, 0.3) is 0 Å². The molecular weight excluding hydrogens is 344 g/mol. The van der Waals surface area contributed by atoms with Gasteiger partial charge >= 0.3 is 0 Å². The van der Waals surface area contributed by atoms with Crippen LogP contribution in [0.1, 0.15) is 21.5 Å². The Bertz CT molecular complexity index is 977. The van der Waals surface area contributed by atoms with Crippen LogP contribution in [-0.2, 0) is 6.61 Å². The number of rotatable bonds is 6. The molecule has 0 aliphatic rings. The van der Waals surface area contributed by atoms with Gasteiger partial charge in [-0.2, -0.15) is 0 Å². The summed E-state index contributed by atoms with van der Waals surface area (Å²) < 4.78 is 5.72. The minimum Gasteiger partial charge on any atom is -0.508 e. The van der Waals surface area contributed by atoms with Gasteiger partial charge in [-0.25, -0.2) is 0 Å². The van der Waals surface area contributed by atoms with E-state index in [0.717, 1.165) is 5.56 Å². The normalized spacial score (nSPS) is 10.8. The van der Waals surface area contributed by atoms with Crippen LogP contribution in [0.25, 0.3) is 6.08 Å². The highest BCUT2D eigenvalue weighted by molar-refractivity contribution is 6.08. The minimum atomic E-state index is -0.342. The number of carbonyl (C=O) groups is 1. The average Bonchev–Trinajstić information content (AvgIpc) is 2.66. The van der Waals surface area contributed by atoms with E-state index in [1.54, 1.807) is 0 Å². The Morgan fingerprint density at radius 2 is 1.59 bits per heavy atom. The fourth-order valence-electron chi connectivity index (χ4n) is 2.50. The highest BCUT2D eigenvalue weighted by Crippen LogP contribution is 2.27. The molecule has 0 bridgehead atoms. The Balaban J connectivity index is 1.80. The van der Waals surface area contributed by atoms with Crippen LogP contribution in [-0.4, -0.2) is 21.1 Å². The Kier molecular flexibility index (Phi) is 5.42. The summed E-state index contributed by atoms with van der Waals surface area (Å²) >= 11 is 0. The van der Waals surface area contributed by atoms with Crippen molar-refractivity contribution in [1.82, 2.24) is 0 Å².